The lowest BCUT2D eigenvalue weighted by molar-refractivity contribution is -0.144. The van der Waals surface area contributed by atoms with Crippen LogP contribution in [0.4, 0.5) is 0 Å². The fourth-order valence-corrected chi connectivity index (χ4v) is 1.97. The number of rotatable bonds is 8. The summed E-state index contributed by atoms with van der Waals surface area (Å²) in [6.07, 6.45) is 0.629. The van der Waals surface area contributed by atoms with Gasteiger partial charge in [0.2, 0.25) is 5.91 Å². The second-order valence-electron chi connectivity index (χ2n) is 6.30. The van der Waals surface area contributed by atoms with Crippen molar-refractivity contribution in [3.05, 3.63) is 0 Å². The fourth-order valence-electron chi connectivity index (χ4n) is 1.97. The van der Waals surface area contributed by atoms with E-state index in [1.165, 1.54) is 7.11 Å². The fraction of sp³-hybridized carbons (Fsp3) is 0.786. The molecule has 0 saturated heterocycles. The van der Waals surface area contributed by atoms with E-state index >= 15 is 0 Å². The molecule has 0 heterocycles. The lowest BCUT2D eigenvalue weighted by atomic mass is 9.87. The van der Waals surface area contributed by atoms with Gasteiger partial charge in [0.15, 0.2) is 0 Å². The molecule has 1 amide bonds. The van der Waals surface area contributed by atoms with Gasteiger partial charge in [-0.05, 0) is 18.3 Å². The van der Waals surface area contributed by atoms with Crippen molar-refractivity contribution < 1.29 is 24.2 Å². The molecule has 4 N–H and O–H groups in total. The number of nitrogens with one attached hydrogen (secondary N) is 1. The molecule has 0 aliphatic heterocycles. The van der Waals surface area contributed by atoms with Gasteiger partial charge in [0.25, 0.3) is 0 Å². The first-order chi connectivity index (χ1) is 9.55. The third kappa shape index (κ3) is 9.84. The zero-order chi connectivity index (χ0) is 16.6. The zero-order valence-corrected chi connectivity index (χ0v) is 13.1. The first-order valence-corrected chi connectivity index (χ1v) is 6.89. The summed E-state index contributed by atoms with van der Waals surface area (Å²) in [7, 11) is 1.22. The number of carboxylic acids is 1. The van der Waals surface area contributed by atoms with Crippen LogP contribution in [0.5, 0.6) is 0 Å². The number of esters is 1. The topological polar surface area (TPSA) is 119 Å². The zero-order valence-electron chi connectivity index (χ0n) is 13.1. The predicted octanol–water partition coefficient (Wildman–Crippen LogP) is 0.663. The Morgan fingerprint density at radius 1 is 1.29 bits per heavy atom. The van der Waals surface area contributed by atoms with Gasteiger partial charge in [-0.1, -0.05) is 20.8 Å². The molecule has 0 aromatic heterocycles. The van der Waals surface area contributed by atoms with E-state index in [9.17, 15) is 14.4 Å². The van der Waals surface area contributed by atoms with Crippen LogP contribution in [0.25, 0.3) is 0 Å². The van der Waals surface area contributed by atoms with Gasteiger partial charge in [-0.3, -0.25) is 9.59 Å². The summed E-state index contributed by atoms with van der Waals surface area (Å²) in [6, 6.07) is -1.45. The standard InChI is InChI=1S/C14H26N2O5/c1-14(2,3)8-9(15)7-11(17)16-10(13(19)20)5-6-12(18)21-4/h9-10H,5-8,15H2,1-4H3,(H,16,17)(H,19,20)/t9?,10-/m0/s1. The molecule has 0 aromatic carbocycles. The van der Waals surface area contributed by atoms with Crippen molar-refractivity contribution in [2.45, 2.75) is 58.5 Å². The molecule has 2 atom stereocenters. The van der Waals surface area contributed by atoms with Gasteiger partial charge in [-0.2, -0.15) is 0 Å². The molecule has 1 unspecified atom stereocenters. The van der Waals surface area contributed by atoms with Crippen LogP contribution in [0, 0.1) is 5.41 Å². The monoisotopic (exact) mass is 302 g/mol. The summed E-state index contributed by atoms with van der Waals surface area (Å²) < 4.78 is 4.44. The highest BCUT2D eigenvalue weighted by atomic mass is 16.5. The van der Waals surface area contributed by atoms with Crippen molar-refractivity contribution >= 4 is 17.8 Å². The Labute approximate surface area is 125 Å². The smallest absolute Gasteiger partial charge is 0.326 e. The number of ether oxygens (including phenoxy) is 1. The maximum absolute atomic E-state index is 11.8. The van der Waals surface area contributed by atoms with Gasteiger partial charge < -0.3 is 20.9 Å². The van der Waals surface area contributed by atoms with Crippen molar-refractivity contribution in [3.63, 3.8) is 0 Å². The van der Waals surface area contributed by atoms with Crippen LogP contribution in [-0.2, 0) is 19.1 Å². The maximum Gasteiger partial charge on any atom is 0.326 e. The first-order valence-electron chi connectivity index (χ1n) is 6.89. The van der Waals surface area contributed by atoms with Gasteiger partial charge in [0.05, 0.1) is 7.11 Å². The average Bonchev–Trinajstić information content (AvgIpc) is 2.30. The van der Waals surface area contributed by atoms with Crippen LogP contribution >= 0.6 is 0 Å². The number of nitrogens with two attached hydrogens (primary N) is 1. The number of methoxy groups -OCH3 is 1. The van der Waals surface area contributed by atoms with E-state index < -0.39 is 23.9 Å². The van der Waals surface area contributed by atoms with E-state index in [-0.39, 0.29) is 30.7 Å². The normalized spacial score (nSPS) is 14.1. The van der Waals surface area contributed by atoms with Crippen LogP contribution < -0.4 is 11.1 Å². The van der Waals surface area contributed by atoms with E-state index in [0.29, 0.717) is 6.42 Å². The van der Waals surface area contributed by atoms with Gasteiger partial charge in [0.1, 0.15) is 6.04 Å². The first kappa shape index (κ1) is 19.4. The van der Waals surface area contributed by atoms with E-state index in [4.69, 9.17) is 10.8 Å². The molecule has 0 bridgehead atoms. The summed E-state index contributed by atoms with van der Waals surface area (Å²) in [5, 5.41) is 11.4. The maximum atomic E-state index is 11.8. The van der Waals surface area contributed by atoms with E-state index in [0.717, 1.165) is 0 Å². The summed E-state index contributed by atoms with van der Waals surface area (Å²) in [4.78, 5) is 33.9. The predicted molar refractivity (Wildman–Crippen MR) is 77.5 cm³/mol. The van der Waals surface area contributed by atoms with E-state index in [1.54, 1.807) is 0 Å². The number of carbonyl (C=O) groups is 3. The summed E-state index contributed by atoms with van der Waals surface area (Å²) in [6.45, 7) is 6.05. The number of carboxylic acid groups (broad SMARTS) is 1. The van der Waals surface area contributed by atoms with Crippen molar-refractivity contribution in [3.8, 4) is 0 Å². The number of hydrogen-bond donors (Lipinski definition) is 3. The molecule has 0 aliphatic rings. The molecule has 0 fully saturated rings. The Kier molecular flexibility index (Phi) is 7.94. The lowest BCUT2D eigenvalue weighted by Gasteiger charge is -2.23. The molecule has 0 aromatic rings. The van der Waals surface area contributed by atoms with Gasteiger partial charge in [0, 0.05) is 18.9 Å². The van der Waals surface area contributed by atoms with Crippen LogP contribution in [0.1, 0.15) is 46.5 Å². The van der Waals surface area contributed by atoms with Crippen LogP contribution in [0.3, 0.4) is 0 Å². The third-order valence-electron chi connectivity index (χ3n) is 2.82. The summed E-state index contributed by atoms with van der Waals surface area (Å²) >= 11 is 0. The van der Waals surface area contributed by atoms with Crippen molar-refractivity contribution in [1.82, 2.24) is 5.32 Å². The van der Waals surface area contributed by atoms with E-state index in [2.05, 4.69) is 10.1 Å². The lowest BCUT2D eigenvalue weighted by Crippen LogP contribution is -2.43. The minimum atomic E-state index is -1.18. The van der Waals surface area contributed by atoms with Crippen molar-refractivity contribution in [2.75, 3.05) is 7.11 Å². The SMILES string of the molecule is COC(=O)CC[C@H](NC(=O)CC(N)CC(C)(C)C)C(=O)O. The molecule has 0 aliphatic carbocycles. The highest BCUT2D eigenvalue weighted by molar-refractivity contribution is 5.84. The molecule has 21 heavy (non-hydrogen) atoms. The molecular formula is C14H26N2O5. The Balaban J connectivity index is 4.35. The molecule has 0 rings (SSSR count). The Morgan fingerprint density at radius 2 is 1.86 bits per heavy atom. The van der Waals surface area contributed by atoms with Crippen LogP contribution in [0.2, 0.25) is 0 Å². The minimum Gasteiger partial charge on any atom is -0.480 e. The molecule has 0 radical (unpaired) electrons. The Hall–Kier alpha value is -1.63. The molecule has 0 spiro atoms. The van der Waals surface area contributed by atoms with Crippen LogP contribution in [0.15, 0.2) is 0 Å². The number of hydrogen-bond acceptors (Lipinski definition) is 5. The molecule has 0 saturated carbocycles. The van der Waals surface area contributed by atoms with Gasteiger partial charge in [-0.15, -0.1) is 0 Å². The molecule has 7 nitrogen and oxygen atoms in total. The van der Waals surface area contributed by atoms with Crippen LogP contribution in [-0.4, -0.2) is 42.1 Å². The second kappa shape index (κ2) is 8.61. The van der Waals surface area contributed by atoms with Crippen molar-refractivity contribution in [2.24, 2.45) is 11.1 Å². The van der Waals surface area contributed by atoms with Gasteiger partial charge in [-0.25, -0.2) is 4.79 Å². The number of aliphatic carboxylic acids is 1. The van der Waals surface area contributed by atoms with Crippen molar-refractivity contribution in [1.29, 1.82) is 0 Å². The highest BCUT2D eigenvalue weighted by Gasteiger charge is 2.23. The minimum absolute atomic E-state index is 0.00319. The third-order valence-corrected chi connectivity index (χ3v) is 2.82. The molecule has 7 heteroatoms. The summed E-state index contributed by atoms with van der Waals surface area (Å²) in [5.74, 6) is -2.12. The number of carbonyl (C=O) groups excluding carboxylic acids is 2. The van der Waals surface area contributed by atoms with Gasteiger partial charge >= 0.3 is 11.9 Å². The Morgan fingerprint density at radius 3 is 2.29 bits per heavy atom. The second-order valence-corrected chi connectivity index (χ2v) is 6.30. The largest absolute Gasteiger partial charge is 0.480 e. The summed E-state index contributed by atoms with van der Waals surface area (Å²) in [5.41, 5.74) is 5.87. The van der Waals surface area contributed by atoms with E-state index in [1.807, 2.05) is 20.8 Å². The molecular weight excluding hydrogens is 276 g/mol. The molecule has 122 valence electrons. The Bertz CT molecular complexity index is 376. The quantitative estimate of drug-likeness (QED) is 0.567. The average molecular weight is 302 g/mol. The number of amides is 1. The highest BCUT2D eigenvalue weighted by Crippen LogP contribution is 2.21.